The Morgan fingerprint density at radius 2 is 0.633 bits per heavy atom. The van der Waals surface area contributed by atoms with Gasteiger partial charge in [-0.1, -0.05) is 121 Å². The quantitative estimate of drug-likeness (QED) is 0.223. The summed E-state index contributed by atoms with van der Waals surface area (Å²) in [5.41, 5.74) is 0. The first-order valence-electron chi connectivity index (χ1n) is 9.22. The fourth-order valence-corrected chi connectivity index (χ4v) is 8.06. The predicted molar refractivity (Wildman–Crippen MR) is 133 cm³/mol. The van der Waals surface area contributed by atoms with Crippen LogP contribution in [0.4, 0.5) is 0 Å². The summed E-state index contributed by atoms with van der Waals surface area (Å²) in [6.07, 6.45) is 0. The first kappa shape index (κ1) is 23.6. The van der Waals surface area contributed by atoms with Crippen LogP contribution in [0.25, 0.3) is 0 Å². The molecule has 0 saturated carbocycles. The summed E-state index contributed by atoms with van der Waals surface area (Å²) in [4.78, 5) is 4.05. The number of halogens is 2. The molecule has 4 aromatic rings. The van der Waals surface area contributed by atoms with Crippen molar-refractivity contribution >= 4 is 56.4 Å². The van der Waals surface area contributed by atoms with Crippen LogP contribution in [0.1, 0.15) is 0 Å². The van der Waals surface area contributed by atoms with Crippen LogP contribution in [0.15, 0.2) is 121 Å². The summed E-state index contributed by atoms with van der Waals surface area (Å²) in [5, 5.41) is 5.38. The number of hydrogen-bond acceptors (Lipinski definition) is 1. The van der Waals surface area contributed by atoms with Crippen LogP contribution in [0.2, 0.25) is 0 Å². The molecular formula is C24H21Cl2NP2Pd. The molecule has 30 heavy (non-hydrogen) atoms. The molecule has 1 nitrogen and oxygen atoms in total. The third-order valence-corrected chi connectivity index (χ3v) is 9.12. The van der Waals surface area contributed by atoms with E-state index in [1.165, 1.54) is 21.2 Å². The molecule has 0 amide bonds. The van der Waals surface area contributed by atoms with E-state index in [1.807, 2.05) is 0 Å². The maximum Gasteiger partial charge on any atom is 0.0294 e. The van der Waals surface area contributed by atoms with Gasteiger partial charge in [-0.05, 0) is 21.2 Å². The summed E-state index contributed by atoms with van der Waals surface area (Å²) in [6, 6.07) is 43.2. The third kappa shape index (κ3) is 6.99. The summed E-state index contributed by atoms with van der Waals surface area (Å²) >= 11 is -0.106. The van der Waals surface area contributed by atoms with Crippen LogP contribution in [0.3, 0.4) is 0 Å². The second kappa shape index (κ2) is 13.4. The standard InChI is InChI=1S/C24H21NP2.2ClH.Pd/c1-5-13-21(14-6-1)26(22-15-7-2-8-16-22)25-27(23-17-9-3-10-18-23)24-19-11-4-12-20-24;;;/h1-20,25H;2*1H;/q;;;+2/p-2. The smallest absolute Gasteiger partial charge is 0.0294 e. The molecule has 0 atom stereocenters. The van der Waals surface area contributed by atoms with Crippen LogP contribution in [0, 0.1) is 0 Å². The molecule has 0 unspecified atom stereocenters. The van der Waals surface area contributed by atoms with Crippen molar-refractivity contribution in [3.05, 3.63) is 121 Å². The summed E-state index contributed by atoms with van der Waals surface area (Å²) < 4.78 is 0. The van der Waals surface area contributed by atoms with Gasteiger partial charge in [0.1, 0.15) is 0 Å². The van der Waals surface area contributed by atoms with Gasteiger partial charge < -0.3 is 0 Å². The number of hydrogen-bond donors (Lipinski definition) is 1. The molecule has 0 saturated heterocycles. The molecule has 4 rings (SSSR count). The Morgan fingerprint density at radius 3 is 0.833 bits per heavy atom. The Bertz CT molecular complexity index is 817. The first-order valence-corrected chi connectivity index (χ1v) is 15.9. The van der Waals surface area contributed by atoms with Crippen LogP contribution in [-0.4, -0.2) is 0 Å². The van der Waals surface area contributed by atoms with Gasteiger partial charge in [0.2, 0.25) is 0 Å². The van der Waals surface area contributed by atoms with Crippen molar-refractivity contribution < 1.29 is 15.9 Å². The predicted octanol–water partition coefficient (Wildman–Crippen LogP) is 6.05. The molecule has 0 fully saturated rings. The SMILES string of the molecule is [Cl][Pd][Cl].c1ccc(P(NP(c2ccccc2)c2ccccc2)c2ccccc2)cc1. The molecule has 0 radical (unpaired) electrons. The number of rotatable bonds is 6. The third-order valence-electron chi connectivity index (χ3n) is 4.26. The Morgan fingerprint density at radius 1 is 0.433 bits per heavy atom. The summed E-state index contributed by atoms with van der Waals surface area (Å²) in [5.74, 6) is 0. The Kier molecular flexibility index (Phi) is 10.5. The zero-order valence-corrected chi connectivity index (χ0v) is 20.9. The molecule has 0 aliphatic rings. The van der Waals surface area contributed by atoms with E-state index in [2.05, 4.69) is 126 Å². The van der Waals surface area contributed by atoms with Gasteiger partial charge in [0, 0.05) is 16.1 Å². The second-order valence-corrected chi connectivity index (χ2v) is 12.7. The van der Waals surface area contributed by atoms with Crippen LogP contribution in [0.5, 0.6) is 0 Å². The van der Waals surface area contributed by atoms with Crippen LogP contribution in [-0.2, 0) is 15.9 Å². The van der Waals surface area contributed by atoms with Gasteiger partial charge in [0.25, 0.3) is 0 Å². The van der Waals surface area contributed by atoms with Crippen molar-refractivity contribution in [2.45, 2.75) is 0 Å². The molecule has 0 aliphatic carbocycles. The number of nitrogens with one attached hydrogen (secondary N) is 1. The molecule has 0 spiro atoms. The monoisotopic (exact) mass is 561 g/mol. The van der Waals surface area contributed by atoms with E-state index in [1.54, 1.807) is 0 Å². The summed E-state index contributed by atoms with van der Waals surface area (Å²) in [7, 11) is 8.31. The largest absolute Gasteiger partial charge is 0.259 e. The van der Waals surface area contributed by atoms with Crippen molar-refractivity contribution in [3.63, 3.8) is 0 Å². The van der Waals surface area contributed by atoms with Gasteiger partial charge in [-0.15, -0.1) is 0 Å². The topological polar surface area (TPSA) is 12.0 Å². The van der Waals surface area contributed by atoms with E-state index in [0.29, 0.717) is 0 Å². The summed E-state index contributed by atoms with van der Waals surface area (Å²) in [6.45, 7) is 0. The number of benzene rings is 4. The Balaban J connectivity index is 0.000000806. The molecule has 1 N–H and O–H groups in total. The molecule has 0 bridgehead atoms. The molecule has 0 heterocycles. The molecule has 6 heteroatoms. The van der Waals surface area contributed by atoms with Gasteiger partial charge in [0.15, 0.2) is 0 Å². The molecule has 0 aliphatic heterocycles. The van der Waals surface area contributed by atoms with Crippen LogP contribution >= 0.6 is 35.2 Å². The van der Waals surface area contributed by atoms with Gasteiger partial charge >= 0.3 is 35.0 Å². The van der Waals surface area contributed by atoms with Gasteiger partial charge in [-0.25, -0.2) is 0 Å². The van der Waals surface area contributed by atoms with Crippen molar-refractivity contribution in [2.24, 2.45) is 0 Å². The van der Waals surface area contributed by atoms with E-state index in [9.17, 15) is 0 Å². The van der Waals surface area contributed by atoms with Crippen molar-refractivity contribution in [3.8, 4) is 0 Å². The first-order chi connectivity index (χ1) is 14.8. The van der Waals surface area contributed by atoms with Crippen molar-refractivity contribution in [2.75, 3.05) is 0 Å². The average Bonchev–Trinajstić information content (AvgIpc) is 2.83. The Hall–Kier alpha value is -1.06. The van der Waals surface area contributed by atoms with Gasteiger partial charge in [-0.3, -0.25) is 4.86 Å². The Labute approximate surface area is 197 Å². The van der Waals surface area contributed by atoms with Crippen molar-refractivity contribution in [1.82, 2.24) is 4.86 Å². The molecule has 4 aromatic carbocycles. The van der Waals surface area contributed by atoms with E-state index < -0.39 is 16.1 Å². The molecule has 0 aromatic heterocycles. The minimum absolute atomic E-state index is 0.106. The van der Waals surface area contributed by atoms with Crippen LogP contribution < -0.4 is 26.1 Å². The van der Waals surface area contributed by atoms with E-state index >= 15 is 0 Å². The second-order valence-electron chi connectivity index (χ2n) is 6.16. The van der Waals surface area contributed by atoms with E-state index in [0.717, 1.165) is 0 Å². The molecular weight excluding hydrogens is 542 g/mol. The maximum absolute atomic E-state index is 4.81. The van der Waals surface area contributed by atoms with Crippen molar-refractivity contribution in [1.29, 1.82) is 0 Å². The maximum atomic E-state index is 4.81. The van der Waals surface area contributed by atoms with Gasteiger partial charge in [-0.2, -0.15) is 0 Å². The van der Waals surface area contributed by atoms with Gasteiger partial charge in [0.05, 0.1) is 0 Å². The normalized spacial score (nSPS) is 10.7. The zero-order chi connectivity index (χ0) is 21.0. The zero-order valence-electron chi connectivity index (χ0n) is 16.0. The minimum atomic E-state index is -0.659. The fraction of sp³-hybridized carbons (Fsp3) is 0. The minimum Gasteiger partial charge on any atom is -0.259 e. The van der Waals surface area contributed by atoms with E-state index in [-0.39, 0.29) is 15.9 Å². The molecule has 156 valence electrons. The fourth-order valence-electron chi connectivity index (χ4n) is 2.94. The van der Waals surface area contributed by atoms with E-state index in [4.69, 9.17) is 19.1 Å². The average molecular weight is 563 g/mol.